The number of ether oxygens (including phenoxy) is 1. The molecule has 3 heterocycles. The lowest BCUT2D eigenvalue weighted by atomic mass is 9.95. The smallest absolute Gasteiger partial charge is 0.374 e. The number of carbonyl (C=O) groups excluding carboxylic acids is 2. The minimum absolute atomic E-state index is 0.155. The summed E-state index contributed by atoms with van der Waals surface area (Å²) < 4.78 is 4.52. The van der Waals surface area contributed by atoms with Crippen molar-refractivity contribution < 1.29 is 14.3 Å². The van der Waals surface area contributed by atoms with Crippen molar-refractivity contribution in [3.63, 3.8) is 0 Å². The van der Waals surface area contributed by atoms with Crippen LogP contribution in [-0.2, 0) is 4.74 Å². The predicted octanol–water partition coefficient (Wildman–Crippen LogP) is 0.629. The number of esters is 1. The van der Waals surface area contributed by atoms with Gasteiger partial charge in [0, 0.05) is 6.54 Å². The van der Waals surface area contributed by atoms with Crippen molar-refractivity contribution in [2.75, 3.05) is 19.0 Å². The Morgan fingerprint density at radius 3 is 2.95 bits per heavy atom. The topological polar surface area (TPSA) is 104 Å². The number of fused-ring (bicyclic) bond motifs is 3. The van der Waals surface area contributed by atoms with Gasteiger partial charge < -0.3 is 14.6 Å². The summed E-state index contributed by atoms with van der Waals surface area (Å²) in [4.78, 5) is 43.7. The molecule has 1 saturated heterocycles. The highest BCUT2D eigenvalue weighted by Gasteiger charge is 2.37. The summed E-state index contributed by atoms with van der Waals surface area (Å²) in [5, 5.41) is 2.57. The molecule has 2 N–H and O–H groups in total. The van der Waals surface area contributed by atoms with Gasteiger partial charge in [-0.05, 0) is 19.3 Å². The SMILES string of the molecule is COC(=O)c1nc2c(c(=O)[nH]1)C1CCCCN1C(=O)N2. The van der Waals surface area contributed by atoms with Crippen LogP contribution in [0, 0.1) is 0 Å². The number of piperidine rings is 1. The number of urea groups is 1. The van der Waals surface area contributed by atoms with Crippen LogP contribution >= 0.6 is 0 Å². The van der Waals surface area contributed by atoms with E-state index in [0.717, 1.165) is 19.3 Å². The average molecular weight is 278 g/mol. The van der Waals surface area contributed by atoms with E-state index in [1.165, 1.54) is 7.11 Å². The maximum atomic E-state index is 12.2. The molecule has 8 heteroatoms. The summed E-state index contributed by atoms with van der Waals surface area (Å²) in [6, 6.07) is -0.549. The molecule has 20 heavy (non-hydrogen) atoms. The van der Waals surface area contributed by atoms with Crippen molar-refractivity contribution in [3.8, 4) is 0 Å². The van der Waals surface area contributed by atoms with E-state index >= 15 is 0 Å². The Morgan fingerprint density at radius 1 is 1.40 bits per heavy atom. The molecule has 1 fully saturated rings. The second-order valence-electron chi connectivity index (χ2n) is 4.80. The zero-order valence-corrected chi connectivity index (χ0v) is 10.9. The summed E-state index contributed by atoms with van der Waals surface area (Å²) in [7, 11) is 1.20. The molecule has 2 aliphatic rings. The van der Waals surface area contributed by atoms with Crippen LogP contribution in [0.15, 0.2) is 4.79 Å². The number of anilines is 1. The fraction of sp³-hybridized carbons (Fsp3) is 0.500. The Bertz CT molecular complexity index is 639. The van der Waals surface area contributed by atoms with Gasteiger partial charge in [0.25, 0.3) is 5.56 Å². The lowest BCUT2D eigenvalue weighted by Gasteiger charge is -2.39. The summed E-state index contributed by atoms with van der Waals surface area (Å²) in [6.07, 6.45) is 2.60. The van der Waals surface area contributed by atoms with Crippen molar-refractivity contribution in [1.82, 2.24) is 14.9 Å². The molecule has 0 aromatic carbocycles. The average Bonchev–Trinajstić information content (AvgIpc) is 2.46. The quantitative estimate of drug-likeness (QED) is 0.733. The molecule has 0 saturated carbocycles. The fourth-order valence-electron chi connectivity index (χ4n) is 2.73. The first-order chi connectivity index (χ1) is 9.61. The predicted molar refractivity (Wildman–Crippen MR) is 68.5 cm³/mol. The fourth-order valence-corrected chi connectivity index (χ4v) is 2.73. The molecular formula is C12H14N4O4. The molecule has 0 aliphatic carbocycles. The van der Waals surface area contributed by atoms with Crippen molar-refractivity contribution >= 4 is 17.8 Å². The summed E-state index contributed by atoms with van der Waals surface area (Å²) in [6.45, 7) is 0.619. The summed E-state index contributed by atoms with van der Waals surface area (Å²) in [5.41, 5.74) is 0.00394. The highest BCUT2D eigenvalue weighted by atomic mass is 16.5. The Labute approximate surface area is 114 Å². The van der Waals surface area contributed by atoms with Crippen LogP contribution in [0.25, 0.3) is 0 Å². The Balaban J connectivity index is 2.11. The molecule has 106 valence electrons. The number of aromatic nitrogens is 2. The van der Waals surface area contributed by atoms with Gasteiger partial charge in [0.2, 0.25) is 5.82 Å². The molecule has 2 aliphatic heterocycles. The molecule has 8 nitrogen and oxygen atoms in total. The third-order valence-electron chi connectivity index (χ3n) is 3.66. The van der Waals surface area contributed by atoms with Crippen LogP contribution < -0.4 is 10.9 Å². The number of hydrogen-bond acceptors (Lipinski definition) is 5. The maximum Gasteiger partial charge on any atom is 0.374 e. The minimum atomic E-state index is -0.745. The lowest BCUT2D eigenvalue weighted by molar-refractivity contribution is 0.0585. The lowest BCUT2D eigenvalue weighted by Crippen LogP contribution is -2.47. The Hall–Kier alpha value is -2.38. The van der Waals surface area contributed by atoms with Gasteiger partial charge in [-0.15, -0.1) is 0 Å². The van der Waals surface area contributed by atoms with Gasteiger partial charge in [-0.2, -0.15) is 0 Å². The van der Waals surface area contributed by atoms with E-state index < -0.39 is 11.5 Å². The van der Waals surface area contributed by atoms with Crippen molar-refractivity contribution in [2.45, 2.75) is 25.3 Å². The Morgan fingerprint density at radius 2 is 2.20 bits per heavy atom. The molecule has 0 radical (unpaired) electrons. The number of carbonyl (C=O) groups is 2. The van der Waals surface area contributed by atoms with Crippen LogP contribution in [0.3, 0.4) is 0 Å². The number of rotatable bonds is 1. The van der Waals surface area contributed by atoms with Gasteiger partial charge in [-0.25, -0.2) is 14.6 Å². The zero-order chi connectivity index (χ0) is 14.3. The number of nitrogens with one attached hydrogen (secondary N) is 2. The number of methoxy groups -OCH3 is 1. The molecule has 2 amide bonds. The molecule has 1 unspecified atom stereocenters. The van der Waals surface area contributed by atoms with E-state index in [1.807, 2.05) is 0 Å². The first kappa shape index (κ1) is 12.6. The highest BCUT2D eigenvalue weighted by Crippen LogP contribution is 2.35. The second kappa shape index (κ2) is 4.62. The van der Waals surface area contributed by atoms with Crippen LogP contribution in [-0.4, -0.2) is 40.5 Å². The van der Waals surface area contributed by atoms with Crippen LogP contribution in [0.1, 0.15) is 41.5 Å². The second-order valence-corrected chi connectivity index (χ2v) is 4.80. The van der Waals surface area contributed by atoms with Crippen molar-refractivity contribution in [3.05, 3.63) is 21.7 Å². The van der Waals surface area contributed by atoms with Crippen molar-refractivity contribution in [1.29, 1.82) is 0 Å². The van der Waals surface area contributed by atoms with E-state index in [9.17, 15) is 14.4 Å². The van der Waals surface area contributed by atoms with E-state index in [4.69, 9.17) is 0 Å². The highest BCUT2D eigenvalue weighted by molar-refractivity contribution is 5.93. The van der Waals surface area contributed by atoms with E-state index in [1.54, 1.807) is 4.90 Å². The van der Waals surface area contributed by atoms with Gasteiger partial charge in [-0.3, -0.25) is 10.1 Å². The number of amides is 2. The number of hydrogen-bond donors (Lipinski definition) is 2. The van der Waals surface area contributed by atoms with E-state index in [-0.39, 0.29) is 23.7 Å². The molecule has 0 bridgehead atoms. The number of aromatic amines is 1. The minimum Gasteiger partial charge on any atom is -0.463 e. The molecule has 3 rings (SSSR count). The third kappa shape index (κ3) is 1.84. The molecule has 1 aromatic heterocycles. The van der Waals surface area contributed by atoms with E-state index in [0.29, 0.717) is 12.1 Å². The van der Waals surface area contributed by atoms with Gasteiger partial charge >= 0.3 is 12.0 Å². The van der Waals surface area contributed by atoms with Crippen LogP contribution in [0.2, 0.25) is 0 Å². The summed E-state index contributed by atoms with van der Waals surface area (Å²) in [5.74, 6) is -0.798. The van der Waals surface area contributed by atoms with Gasteiger partial charge in [-0.1, -0.05) is 0 Å². The van der Waals surface area contributed by atoms with Crippen LogP contribution in [0.5, 0.6) is 0 Å². The zero-order valence-electron chi connectivity index (χ0n) is 10.9. The number of nitrogens with zero attached hydrogens (tertiary/aromatic N) is 2. The molecule has 1 atom stereocenters. The monoisotopic (exact) mass is 278 g/mol. The number of H-pyrrole nitrogens is 1. The van der Waals surface area contributed by atoms with Gasteiger partial charge in [0.05, 0.1) is 18.7 Å². The van der Waals surface area contributed by atoms with E-state index in [2.05, 4.69) is 20.0 Å². The summed E-state index contributed by atoms with van der Waals surface area (Å²) >= 11 is 0. The normalized spacial score (nSPS) is 20.8. The van der Waals surface area contributed by atoms with Crippen molar-refractivity contribution in [2.24, 2.45) is 0 Å². The molecular weight excluding hydrogens is 264 g/mol. The van der Waals surface area contributed by atoms with Gasteiger partial charge in [0.15, 0.2) is 0 Å². The molecule has 1 aromatic rings. The van der Waals surface area contributed by atoms with Crippen LogP contribution in [0.4, 0.5) is 10.6 Å². The largest absolute Gasteiger partial charge is 0.463 e. The third-order valence-corrected chi connectivity index (χ3v) is 3.66. The first-order valence-corrected chi connectivity index (χ1v) is 6.42. The Kier molecular flexibility index (Phi) is 2.92. The standard InChI is InChI=1S/C12H14N4O4/c1-20-11(18)9-13-8-7(10(17)14-9)6-4-2-3-5-16(6)12(19)15-8/h6H,2-5H2,1H3,(H2,13,14,15,17,19). The first-order valence-electron chi connectivity index (χ1n) is 6.42. The van der Waals surface area contributed by atoms with Gasteiger partial charge in [0.1, 0.15) is 5.82 Å². The maximum absolute atomic E-state index is 12.2. The molecule has 0 spiro atoms.